The average molecular weight is 377 g/mol. The minimum atomic E-state index is -0.559. The lowest BCUT2D eigenvalue weighted by molar-refractivity contribution is -0.127. The van der Waals surface area contributed by atoms with Crippen LogP contribution >= 0.6 is 0 Å². The van der Waals surface area contributed by atoms with Gasteiger partial charge in [-0.15, -0.1) is 0 Å². The minimum Gasteiger partial charge on any atom is -0.444 e. The van der Waals surface area contributed by atoms with Gasteiger partial charge < -0.3 is 15.4 Å². The predicted molar refractivity (Wildman–Crippen MR) is 106 cm³/mol. The summed E-state index contributed by atoms with van der Waals surface area (Å²) in [6, 6.07) is 5.32. The van der Waals surface area contributed by atoms with Crippen LogP contribution in [0.1, 0.15) is 52.9 Å². The van der Waals surface area contributed by atoms with E-state index in [0.29, 0.717) is 19.5 Å². The fraction of sp³-hybridized carbons (Fsp3) is 0.650. The molecular weight excluding hydrogens is 344 g/mol. The van der Waals surface area contributed by atoms with Crippen LogP contribution in [-0.2, 0) is 9.53 Å². The average Bonchev–Trinajstić information content (AvgIpc) is 2.64. The van der Waals surface area contributed by atoms with Crippen LogP contribution in [-0.4, -0.2) is 53.2 Å². The van der Waals surface area contributed by atoms with Gasteiger partial charge >= 0.3 is 6.09 Å². The summed E-state index contributed by atoms with van der Waals surface area (Å²) in [7, 11) is 0. The Morgan fingerprint density at radius 2 is 2.00 bits per heavy atom. The van der Waals surface area contributed by atoms with Crippen molar-refractivity contribution in [2.45, 2.75) is 64.5 Å². The molecule has 0 bridgehead atoms. The van der Waals surface area contributed by atoms with Gasteiger partial charge in [0.05, 0.1) is 0 Å². The van der Waals surface area contributed by atoms with E-state index in [2.05, 4.69) is 15.6 Å². The van der Waals surface area contributed by atoms with Crippen molar-refractivity contribution in [2.75, 3.05) is 25.0 Å². The van der Waals surface area contributed by atoms with Gasteiger partial charge in [-0.25, -0.2) is 9.78 Å². The number of unbranched alkanes of at least 4 members (excludes halogenated alkanes) is 1. The SMILES string of the molecule is CC(C)(C)OC(=O)N1CCCCC1C(=O)NCCCCNc1ccccn1. The largest absolute Gasteiger partial charge is 0.444 e. The Bertz CT molecular complexity index is 601. The first-order valence-electron chi connectivity index (χ1n) is 9.79. The van der Waals surface area contributed by atoms with Crippen molar-refractivity contribution < 1.29 is 14.3 Å². The number of carbonyl (C=O) groups excluding carboxylic acids is 2. The Morgan fingerprint density at radius 1 is 1.22 bits per heavy atom. The van der Waals surface area contributed by atoms with Crippen molar-refractivity contribution in [3.05, 3.63) is 24.4 Å². The van der Waals surface area contributed by atoms with Crippen LogP contribution in [0.5, 0.6) is 0 Å². The summed E-state index contributed by atoms with van der Waals surface area (Å²) in [4.78, 5) is 30.7. The molecule has 0 radical (unpaired) electrons. The second-order valence-corrected chi connectivity index (χ2v) is 7.83. The highest BCUT2D eigenvalue weighted by molar-refractivity contribution is 5.85. The summed E-state index contributed by atoms with van der Waals surface area (Å²) in [5.74, 6) is 0.773. The zero-order valence-corrected chi connectivity index (χ0v) is 16.7. The standard InChI is InChI=1S/C20H32N4O3/c1-20(2,3)27-19(26)24-15-9-5-10-16(24)18(25)23-14-8-7-13-22-17-11-4-6-12-21-17/h4,6,11-12,16H,5,7-10,13-15H2,1-3H3,(H,21,22)(H,23,25). The second kappa shape index (κ2) is 10.1. The molecule has 2 rings (SSSR count). The van der Waals surface area contributed by atoms with Gasteiger partial charge in [-0.05, 0) is 65.0 Å². The maximum Gasteiger partial charge on any atom is 0.410 e. The van der Waals surface area contributed by atoms with Crippen molar-refractivity contribution >= 4 is 17.8 Å². The smallest absolute Gasteiger partial charge is 0.410 e. The minimum absolute atomic E-state index is 0.0850. The molecule has 2 amide bonds. The van der Waals surface area contributed by atoms with E-state index < -0.39 is 17.7 Å². The third kappa shape index (κ3) is 7.45. The topological polar surface area (TPSA) is 83.6 Å². The van der Waals surface area contributed by atoms with E-state index in [9.17, 15) is 9.59 Å². The predicted octanol–water partition coefficient (Wildman–Crippen LogP) is 3.18. The number of rotatable bonds is 7. The molecule has 0 aromatic carbocycles. The van der Waals surface area contributed by atoms with Crippen molar-refractivity contribution in [3.8, 4) is 0 Å². The third-order valence-electron chi connectivity index (χ3n) is 4.31. The van der Waals surface area contributed by atoms with Crippen LogP contribution in [0.2, 0.25) is 0 Å². The van der Waals surface area contributed by atoms with E-state index in [1.165, 1.54) is 0 Å². The highest BCUT2D eigenvalue weighted by Crippen LogP contribution is 2.20. The van der Waals surface area contributed by atoms with E-state index >= 15 is 0 Å². The Balaban J connectivity index is 1.70. The number of nitrogens with one attached hydrogen (secondary N) is 2. The quantitative estimate of drug-likeness (QED) is 0.714. The molecular formula is C20H32N4O3. The first-order chi connectivity index (χ1) is 12.9. The van der Waals surface area contributed by atoms with Crippen LogP contribution in [0.4, 0.5) is 10.6 Å². The summed E-state index contributed by atoms with van der Waals surface area (Å²) in [6.07, 6.45) is 5.69. The summed E-state index contributed by atoms with van der Waals surface area (Å²) in [5.41, 5.74) is -0.559. The summed E-state index contributed by atoms with van der Waals surface area (Å²) in [6.45, 7) is 7.48. The number of amides is 2. The molecule has 1 unspecified atom stereocenters. The lowest BCUT2D eigenvalue weighted by atomic mass is 10.0. The highest BCUT2D eigenvalue weighted by Gasteiger charge is 2.34. The van der Waals surface area contributed by atoms with Gasteiger partial charge in [-0.3, -0.25) is 9.69 Å². The molecule has 150 valence electrons. The Kier molecular flexibility index (Phi) is 7.88. The molecule has 2 N–H and O–H groups in total. The van der Waals surface area contributed by atoms with Crippen molar-refractivity contribution in [3.63, 3.8) is 0 Å². The molecule has 1 aromatic rings. The second-order valence-electron chi connectivity index (χ2n) is 7.83. The monoisotopic (exact) mass is 376 g/mol. The highest BCUT2D eigenvalue weighted by atomic mass is 16.6. The lowest BCUT2D eigenvalue weighted by Gasteiger charge is -2.35. The fourth-order valence-electron chi connectivity index (χ4n) is 3.01. The van der Waals surface area contributed by atoms with Gasteiger partial charge in [0, 0.05) is 25.8 Å². The number of hydrogen-bond donors (Lipinski definition) is 2. The zero-order chi connectivity index (χ0) is 19.7. The Hall–Kier alpha value is -2.31. The van der Waals surface area contributed by atoms with Crippen molar-refractivity contribution in [1.82, 2.24) is 15.2 Å². The van der Waals surface area contributed by atoms with Crippen LogP contribution in [0.25, 0.3) is 0 Å². The number of aromatic nitrogens is 1. The number of nitrogens with zero attached hydrogens (tertiary/aromatic N) is 2. The number of likely N-dealkylation sites (tertiary alicyclic amines) is 1. The molecule has 1 aliphatic heterocycles. The Morgan fingerprint density at radius 3 is 2.70 bits per heavy atom. The molecule has 1 saturated heterocycles. The number of piperidine rings is 1. The molecule has 27 heavy (non-hydrogen) atoms. The lowest BCUT2D eigenvalue weighted by Crippen LogP contribution is -2.53. The normalized spacial score (nSPS) is 17.3. The molecule has 7 heteroatoms. The first kappa shape index (κ1) is 21.0. The van der Waals surface area contributed by atoms with E-state index in [-0.39, 0.29) is 5.91 Å². The molecule has 0 spiro atoms. The van der Waals surface area contributed by atoms with E-state index in [0.717, 1.165) is 38.0 Å². The first-order valence-corrected chi connectivity index (χ1v) is 9.79. The summed E-state index contributed by atoms with van der Waals surface area (Å²) < 4.78 is 5.45. The number of ether oxygens (including phenoxy) is 1. The van der Waals surface area contributed by atoms with E-state index in [4.69, 9.17) is 4.74 Å². The van der Waals surface area contributed by atoms with Gasteiger partial charge in [-0.2, -0.15) is 0 Å². The zero-order valence-electron chi connectivity index (χ0n) is 16.7. The maximum atomic E-state index is 12.5. The molecule has 2 heterocycles. The molecule has 0 saturated carbocycles. The van der Waals surface area contributed by atoms with Gasteiger partial charge in [0.25, 0.3) is 0 Å². The van der Waals surface area contributed by atoms with Crippen LogP contribution in [0, 0.1) is 0 Å². The van der Waals surface area contributed by atoms with Gasteiger partial charge in [0.1, 0.15) is 17.5 Å². The van der Waals surface area contributed by atoms with Gasteiger partial charge in [0.15, 0.2) is 0 Å². The maximum absolute atomic E-state index is 12.5. The third-order valence-corrected chi connectivity index (χ3v) is 4.31. The van der Waals surface area contributed by atoms with E-state index in [1.54, 1.807) is 11.1 Å². The molecule has 1 atom stereocenters. The molecule has 0 aliphatic carbocycles. The molecule has 1 fully saturated rings. The number of hydrogen-bond acceptors (Lipinski definition) is 5. The fourth-order valence-corrected chi connectivity index (χ4v) is 3.01. The van der Waals surface area contributed by atoms with Gasteiger partial charge in [0.2, 0.25) is 5.91 Å². The molecule has 7 nitrogen and oxygen atoms in total. The number of pyridine rings is 1. The number of anilines is 1. The Labute approximate surface area is 161 Å². The van der Waals surface area contributed by atoms with Crippen molar-refractivity contribution in [2.24, 2.45) is 0 Å². The molecule has 1 aromatic heterocycles. The van der Waals surface area contributed by atoms with Crippen LogP contribution in [0.3, 0.4) is 0 Å². The van der Waals surface area contributed by atoms with Crippen molar-refractivity contribution in [1.29, 1.82) is 0 Å². The summed E-state index contributed by atoms with van der Waals surface area (Å²) >= 11 is 0. The number of carbonyl (C=O) groups is 2. The van der Waals surface area contributed by atoms with Crippen LogP contribution < -0.4 is 10.6 Å². The van der Waals surface area contributed by atoms with E-state index in [1.807, 2.05) is 39.0 Å². The molecule has 1 aliphatic rings. The van der Waals surface area contributed by atoms with Gasteiger partial charge in [-0.1, -0.05) is 6.07 Å². The van der Waals surface area contributed by atoms with Crippen LogP contribution in [0.15, 0.2) is 24.4 Å². The summed E-state index contributed by atoms with van der Waals surface area (Å²) in [5, 5.41) is 6.21.